The zero-order chi connectivity index (χ0) is 9.84. The van der Waals surface area contributed by atoms with Crippen LogP contribution in [0.15, 0.2) is 18.2 Å². The van der Waals surface area contributed by atoms with Crippen LogP contribution in [0.1, 0.15) is 25.0 Å². The highest BCUT2D eigenvalue weighted by atomic mass is 35.5. The summed E-state index contributed by atoms with van der Waals surface area (Å²) in [6, 6.07) is 6.02. The van der Waals surface area contributed by atoms with Gasteiger partial charge in [0, 0.05) is 5.02 Å². The second kappa shape index (κ2) is 4.64. The second-order valence-electron chi connectivity index (χ2n) is 3.33. The zero-order valence-corrected chi connectivity index (χ0v) is 8.80. The van der Waals surface area contributed by atoms with Crippen LogP contribution in [0.3, 0.4) is 0 Å². The van der Waals surface area contributed by atoms with E-state index in [-0.39, 0.29) is 6.10 Å². The molecule has 0 fully saturated rings. The van der Waals surface area contributed by atoms with Crippen molar-refractivity contribution in [2.75, 3.05) is 0 Å². The molecule has 13 heavy (non-hydrogen) atoms. The summed E-state index contributed by atoms with van der Waals surface area (Å²) < 4.78 is 0. The maximum Gasteiger partial charge on any atom is 0.0552 e. The molecule has 0 spiro atoms. The van der Waals surface area contributed by atoms with Crippen molar-refractivity contribution in [2.45, 2.75) is 32.8 Å². The maximum absolute atomic E-state index is 9.20. The molecular weight excluding hydrogens is 184 g/mol. The molecule has 1 nitrogen and oxygen atoms in total. The van der Waals surface area contributed by atoms with Gasteiger partial charge in [0.25, 0.3) is 0 Å². The number of halogens is 1. The van der Waals surface area contributed by atoms with Crippen LogP contribution in [-0.4, -0.2) is 11.2 Å². The van der Waals surface area contributed by atoms with Crippen molar-refractivity contribution in [1.82, 2.24) is 0 Å². The normalized spacial score (nSPS) is 12.9. The van der Waals surface area contributed by atoms with E-state index in [0.717, 1.165) is 17.0 Å². The smallest absolute Gasteiger partial charge is 0.0552 e. The van der Waals surface area contributed by atoms with Gasteiger partial charge < -0.3 is 5.11 Å². The van der Waals surface area contributed by atoms with Crippen molar-refractivity contribution >= 4 is 11.6 Å². The Morgan fingerprint density at radius 1 is 1.46 bits per heavy atom. The number of aryl methyl sites for hydroxylation is 1. The van der Waals surface area contributed by atoms with Gasteiger partial charge in [-0.1, -0.05) is 30.7 Å². The molecule has 0 bridgehead atoms. The average Bonchev–Trinajstić information content (AvgIpc) is 2.08. The summed E-state index contributed by atoms with van der Waals surface area (Å²) in [6.07, 6.45) is 1.29. The van der Waals surface area contributed by atoms with Crippen LogP contribution in [0.5, 0.6) is 0 Å². The molecule has 1 aromatic rings. The molecule has 0 saturated heterocycles. The fraction of sp³-hybridized carbons (Fsp3) is 0.455. The Bertz CT molecular complexity index is 281. The van der Waals surface area contributed by atoms with Crippen molar-refractivity contribution in [3.63, 3.8) is 0 Å². The van der Waals surface area contributed by atoms with E-state index in [0.29, 0.717) is 6.42 Å². The van der Waals surface area contributed by atoms with Gasteiger partial charge in [-0.15, -0.1) is 0 Å². The molecule has 1 atom stereocenters. The molecule has 1 N–H and O–H groups in total. The van der Waals surface area contributed by atoms with Gasteiger partial charge in [0.15, 0.2) is 0 Å². The van der Waals surface area contributed by atoms with Crippen molar-refractivity contribution in [1.29, 1.82) is 0 Å². The van der Waals surface area contributed by atoms with Crippen LogP contribution in [-0.2, 0) is 12.8 Å². The van der Waals surface area contributed by atoms with Gasteiger partial charge in [-0.3, -0.25) is 0 Å². The molecule has 72 valence electrons. The molecule has 0 heterocycles. The molecule has 0 saturated carbocycles. The van der Waals surface area contributed by atoms with E-state index in [4.69, 9.17) is 11.6 Å². The molecule has 0 aliphatic carbocycles. The number of aliphatic hydroxyl groups is 1. The van der Waals surface area contributed by atoms with Gasteiger partial charge in [-0.2, -0.15) is 0 Å². The lowest BCUT2D eigenvalue weighted by Gasteiger charge is -2.07. The number of hydrogen-bond acceptors (Lipinski definition) is 1. The SMILES string of the molecule is CCc1ccc(CC(C)O)c(Cl)c1. The number of rotatable bonds is 3. The van der Waals surface area contributed by atoms with E-state index in [2.05, 4.69) is 13.0 Å². The van der Waals surface area contributed by atoms with Gasteiger partial charge in [0.2, 0.25) is 0 Å². The molecule has 0 radical (unpaired) electrons. The third-order valence-corrected chi connectivity index (χ3v) is 2.39. The van der Waals surface area contributed by atoms with E-state index < -0.39 is 0 Å². The zero-order valence-electron chi connectivity index (χ0n) is 8.05. The van der Waals surface area contributed by atoms with Gasteiger partial charge in [0.1, 0.15) is 0 Å². The Morgan fingerprint density at radius 2 is 2.15 bits per heavy atom. The molecule has 0 aliphatic rings. The molecule has 2 heteroatoms. The molecule has 0 amide bonds. The van der Waals surface area contributed by atoms with Crippen LogP contribution in [0.25, 0.3) is 0 Å². The highest BCUT2D eigenvalue weighted by Crippen LogP contribution is 2.19. The lowest BCUT2D eigenvalue weighted by atomic mass is 10.1. The van der Waals surface area contributed by atoms with E-state index >= 15 is 0 Å². The molecule has 0 aromatic heterocycles. The predicted octanol–water partition coefficient (Wildman–Crippen LogP) is 2.83. The quantitative estimate of drug-likeness (QED) is 0.792. The maximum atomic E-state index is 9.20. The Morgan fingerprint density at radius 3 is 2.62 bits per heavy atom. The van der Waals surface area contributed by atoms with Gasteiger partial charge in [-0.25, -0.2) is 0 Å². The summed E-state index contributed by atoms with van der Waals surface area (Å²) >= 11 is 6.04. The molecular formula is C11H15ClO. The average molecular weight is 199 g/mol. The monoisotopic (exact) mass is 198 g/mol. The second-order valence-corrected chi connectivity index (χ2v) is 3.74. The van der Waals surface area contributed by atoms with Gasteiger partial charge in [0.05, 0.1) is 6.10 Å². The number of hydrogen-bond donors (Lipinski definition) is 1. The van der Waals surface area contributed by atoms with Crippen LogP contribution in [0.4, 0.5) is 0 Å². The summed E-state index contributed by atoms with van der Waals surface area (Å²) in [5.74, 6) is 0. The Kier molecular flexibility index (Phi) is 3.76. The highest BCUT2D eigenvalue weighted by molar-refractivity contribution is 6.31. The Labute approximate surface area is 84.4 Å². The minimum absolute atomic E-state index is 0.329. The van der Waals surface area contributed by atoms with Crippen molar-refractivity contribution in [2.24, 2.45) is 0 Å². The largest absolute Gasteiger partial charge is 0.393 e. The minimum Gasteiger partial charge on any atom is -0.393 e. The van der Waals surface area contributed by atoms with Crippen LogP contribution in [0.2, 0.25) is 5.02 Å². The minimum atomic E-state index is -0.329. The molecule has 0 aliphatic heterocycles. The predicted molar refractivity (Wildman–Crippen MR) is 56.2 cm³/mol. The van der Waals surface area contributed by atoms with Gasteiger partial charge >= 0.3 is 0 Å². The first-order valence-corrected chi connectivity index (χ1v) is 4.96. The lowest BCUT2D eigenvalue weighted by Crippen LogP contribution is -2.04. The Balaban J connectivity index is 2.85. The summed E-state index contributed by atoms with van der Waals surface area (Å²) in [4.78, 5) is 0. The van der Waals surface area contributed by atoms with Crippen molar-refractivity contribution in [3.8, 4) is 0 Å². The number of benzene rings is 1. The van der Waals surface area contributed by atoms with Crippen molar-refractivity contribution < 1.29 is 5.11 Å². The first-order valence-electron chi connectivity index (χ1n) is 4.59. The molecule has 1 aromatic carbocycles. The van der Waals surface area contributed by atoms with Crippen molar-refractivity contribution in [3.05, 3.63) is 34.3 Å². The molecule has 1 unspecified atom stereocenters. The first-order chi connectivity index (χ1) is 6.13. The summed E-state index contributed by atoms with van der Waals surface area (Å²) in [7, 11) is 0. The number of aliphatic hydroxyl groups excluding tert-OH is 1. The fourth-order valence-corrected chi connectivity index (χ4v) is 1.57. The summed E-state index contributed by atoms with van der Waals surface area (Å²) in [5.41, 5.74) is 2.26. The third kappa shape index (κ3) is 3.02. The fourth-order valence-electron chi connectivity index (χ4n) is 1.29. The first kappa shape index (κ1) is 10.6. The summed E-state index contributed by atoms with van der Waals surface area (Å²) in [6.45, 7) is 3.87. The van der Waals surface area contributed by atoms with Gasteiger partial charge in [-0.05, 0) is 37.0 Å². The van der Waals surface area contributed by atoms with Crippen LogP contribution < -0.4 is 0 Å². The third-order valence-electron chi connectivity index (χ3n) is 2.04. The Hall–Kier alpha value is -0.530. The van der Waals surface area contributed by atoms with Crippen LogP contribution in [0, 0.1) is 0 Å². The van der Waals surface area contributed by atoms with Crippen LogP contribution >= 0.6 is 11.6 Å². The lowest BCUT2D eigenvalue weighted by molar-refractivity contribution is 0.195. The topological polar surface area (TPSA) is 20.2 Å². The highest BCUT2D eigenvalue weighted by Gasteiger charge is 2.04. The molecule has 1 rings (SSSR count). The summed E-state index contributed by atoms with van der Waals surface area (Å²) in [5, 5.41) is 9.96. The van der Waals surface area contributed by atoms with E-state index in [1.807, 2.05) is 12.1 Å². The standard InChI is InChI=1S/C11H15ClO/c1-3-9-4-5-10(6-8(2)13)11(12)7-9/h4-5,7-8,13H,3,6H2,1-2H3. The van der Waals surface area contributed by atoms with E-state index in [1.165, 1.54) is 5.56 Å². The van der Waals surface area contributed by atoms with E-state index in [9.17, 15) is 5.11 Å². The van der Waals surface area contributed by atoms with E-state index in [1.54, 1.807) is 6.92 Å².